The number of benzene rings is 1. The second-order valence-corrected chi connectivity index (χ2v) is 7.78. The molecule has 1 aromatic carbocycles. The molecule has 3 aromatic rings. The highest BCUT2D eigenvalue weighted by atomic mass is 16.5. The van der Waals surface area contributed by atoms with Crippen molar-refractivity contribution < 1.29 is 9.53 Å². The van der Waals surface area contributed by atoms with Crippen molar-refractivity contribution in [2.45, 2.75) is 32.2 Å². The number of nitrogens with zero attached hydrogens (tertiary/aromatic N) is 5. The summed E-state index contributed by atoms with van der Waals surface area (Å²) in [4.78, 5) is 21.5. The first-order valence-corrected chi connectivity index (χ1v) is 10.2. The fourth-order valence-corrected chi connectivity index (χ4v) is 3.36. The van der Waals surface area contributed by atoms with E-state index in [4.69, 9.17) is 10.00 Å². The number of methoxy groups -OCH3 is 1. The Kier molecular flexibility index (Phi) is 6.05. The molecule has 2 heterocycles. The lowest BCUT2D eigenvalue weighted by Crippen LogP contribution is -2.12. The van der Waals surface area contributed by atoms with Gasteiger partial charge in [-0.3, -0.25) is 9.48 Å². The van der Waals surface area contributed by atoms with Crippen molar-refractivity contribution in [1.82, 2.24) is 19.7 Å². The standard InChI is InChI=1S/C23H24N6O2/c1-15-11-25-23(27-19-12-26-29(13-19)20-7-8-20)28-22(15)18-5-3-17(4-6-18)21(30)9-16(10-24)14-31-2/h3-6,11-13,16,20H,7-9,14H2,1-2H3,(H,25,27,28)/t16-/m1/s1. The fourth-order valence-electron chi connectivity index (χ4n) is 3.36. The van der Waals surface area contributed by atoms with Crippen LogP contribution in [0.1, 0.15) is 41.2 Å². The molecule has 31 heavy (non-hydrogen) atoms. The van der Waals surface area contributed by atoms with Crippen LogP contribution in [0.25, 0.3) is 11.3 Å². The number of carbonyl (C=O) groups is 1. The highest BCUT2D eigenvalue weighted by Gasteiger charge is 2.24. The Morgan fingerprint density at radius 3 is 2.77 bits per heavy atom. The molecule has 0 amide bonds. The largest absolute Gasteiger partial charge is 0.383 e. The number of aromatic nitrogens is 4. The van der Waals surface area contributed by atoms with Gasteiger partial charge in [-0.15, -0.1) is 0 Å². The molecule has 0 aliphatic heterocycles. The summed E-state index contributed by atoms with van der Waals surface area (Å²) in [6.45, 7) is 2.20. The number of Topliss-reactive ketones (excluding diaryl/α,β-unsaturated/α-hetero) is 1. The number of nitrogens with one attached hydrogen (secondary N) is 1. The van der Waals surface area contributed by atoms with E-state index in [9.17, 15) is 4.79 Å². The van der Waals surface area contributed by atoms with Crippen LogP contribution < -0.4 is 5.32 Å². The summed E-state index contributed by atoms with van der Waals surface area (Å²) >= 11 is 0. The highest BCUT2D eigenvalue weighted by molar-refractivity contribution is 5.96. The molecule has 1 N–H and O–H groups in total. The first-order valence-electron chi connectivity index (χ1n) is 10.2. The quantitative estimate of drug-likeness (QED) is 0.524. The zero-order valence-corrected chi connectivity index (χ0v) is 17.6. The molecule has 2 aromatic heterocycles. The SMILES string of the molecule is COC[C@@H](C#N)CC(=O)c1ccc(-c2nc(Nc3cnn(C4CC4)c3)ncc2C)cc1. The van der Waals surface area contributed by atoms with Gasteiger partial charge in [-0.25, -0.2) is 9.97 Å². The monoisotopic (exact) mass is 416 g/mol. The van der Waals surface area contributed by atoms with E-state index in [1.165, 1.54) is 20.0 Å². The third-order valence-corrected chi connectivity index (χ3v) is 5.21. The maximum absolute atomic E-state index is 12.5. The number of nitriles is 1. The summed E-state index contributed by atoms with van der Waals surface area (Å²) in [5.41, 5.74) is 4.04. The van der Waals surface area contributed by atoms with Gasteiger partial charge in [0.05, 0.1) is 42.2 Å². The number of hydrogen-bond donors (Lipinski definition) is 1. The fraction of sp³-hybridized carbons (Fsp3) is 0.348. The number of hydrogen-bond acceptors (Lipinski definition) is 7. The number of carbonyl (C=O) groups excluding carboxylic acids is 1. The molecule has 8 nitrogen and oxygen atoms in total. The molecule has 0 spiro atoms. The summed E-state index contributed by atoms with van der Waals surface area (Å²) in [6.07, 6.45) is 8.01. The predicted octanol–water partition coefficient (Wildman–Crippen LogP) is 4.09. The Morgan fingerprint density at radius 2 is 2.10 bits per heavy atom. The molecule has 1 aliphatic rings. The van der Waals surface area contributed by atoms with E-state index in [-0.39, 0.29) is 18.8 Å². The predicted molar refractivity (Wildman–Crippen MR) is 116 cm³/mol. The summed E-state index contributed by atoms with van der Waals surface area (Å²) in [6, 6.07) is 9.91. The molecule has 1 atom stereocenters. The average Bonchev–Trinajstić information content (AvgIpc) is 3.53. The van der Waals surface area contributed by atoms with Crippen LogP contribution >= 0.6 is 0 Å². The van der Waals surface area contributed by atoms with Crippen LogP contribution in [0.15, 0.2) is 42.9 Å². The first kappa shape index (κ1) is 20.7. The lowest BCUT2D eigenvalue weighted by atomic mass is 9.98. The lowest BCUT2D eigenvalue weighted by molar-refractivity contribution is 0.0938. The third kappa shape index (κ3) is 4.95. The maximum atomic E-state index is 12.5. The smallest absolute Gasteiger partial charge is 0.227 e. The minimum absolute atomic E-state index is 0.0791. The third-order valence-electron chi connectivity index (χ3n) is 5.21. The van der Waals surface area contributed by atoms with Crippen LogP contribution in [-0.2, 0) is 4.74 Å². The van der Waals surface area contributed by atoms with Crippen LogP contribution in [0, 0.1) is 24.2 Å². The van der Waals surface area contributed by atoms with Gasteiger partial charge in [-0.1, -0.05) is 24.3 Å². The molecule has 0 radical (unpaired) electrons. The Labute approximate surface area is 180 Å². The number of anilines is 2. The molecule has 8 heteroatoms. The van der Waals surface area contributed by atoms with Crippen LogP contribution in [-0.4, -0.2) is 39.2 Å². The zero-order chi connectivity index (χ0) is 21.8. The molecule has 1 saturated carbocycles. The van der Waals surface area contributed by atoms with Crippen molar-refractivity contribution in [3.05, 3.63) is 54.0 Å². The molecule has 0 saturated heterocycles. The van der Waals surface area contributed by atoms with Crippen LogP contribution in [0.2, 0.25) is 0 Å². The van der Waals surface area contributed by atoms with E-state index in [0.717, 1.165) is 22.5 Å². The minimum atomic E-state index is -0.445. The second kappa shape index (κ2) is 9.06. The topological polar surface area (TPSA) is 106 Å². The van der Waals surface area contributed by atoms with Gasteiger partial charge in [0.2, 0.25) is 5.95 Å². The molecule has 4 rings (SSSR count). The van der Waals surface area contributed by atoms with Gasteiger partial charge in [-0.2, -0.15) is 10.4 Å². The first-order chi connectivity index (χ1) is 15.1. The molecular weight excluding hydrogens is 392 g/mol. The van der Waals surface area contributed by atoms with E-state index in [1.807, 2.05) is 29.9 Å². The molecule has 1 fully saturated rings. The van der Waals surface area contributed by atoms with Crippen molar-refractivity contribution in [2.24, 2.45) is 5.92 Å². The van der Waals surface area contributed by atoms with Crippen molar-refractivity contribution in [3.63, 3.8) is 0 Å². The van der Waals surface area contributed by atoms with E-state index >= 15 is 0 Å². The van der Waals surface area contributed by atoms with E-state index in [2.05, 4.69) is 26.5 Å². The Bertz CT molecular complexity index is 1110. The molecule has 158 valence electrons. The lowest BCUT2D eigenvalue weighted by Gasteiger charge is -2.10. The van der Waals surface area contributed by atoms with Gasteiger partial charge in [0, 0.05) is 37.1 Å². The molecule has 0 bridgehead atoms. The van der Waals surface area contributed by atoms with Gasteiger partial charge in [0.1, 0.15) is 0 Å². The number of ketones is 1. The zero-order valence-electron chi connectivity index (χ0n) is 17.6. The minimum Gasteiger partial charge on any atom is -0.383 e. The number of ether oxygens (including phenoxy) is 1. The normalized spacial score (nSPS) is 14.1. The molecule has 0 unspecified atom stereocenters. The van der Waals surface area contributed by atoms with Gasteiger partial charge in [0.15, 0.2) is 5.78 Å². The Balaban J connectivity index is 1.48. The van der Waals surface area contributed by atoms with E-state index < -0.39 is 5.92 Å². The highest BCUT2D eigenvalue weighted by Crippen LogP contribution is 2.34. The van der Waals surface area contributed by atoms with Gasteiger partial charge in [0.25, 0.3) is 0 Å². The molecule has 1 aliphatic carbocycles. The van der Waals surface area contributed by atoms with Crippen LogP contribution in [0.4, 0.5) is 11.6 Å². The van der Waals surface area contributed by atoms with Crippen molar-refractivity contribution in [1.29, 1.82) is 5.26 Å². The average molecular weight is 416 g/mol. The van der Waals surface area contributed by atoms with Gasteiger partial charge >= 0.3 is 0 Å². The number of aryl methyl sites for hydroxylation is 1. The van der Waals surface area contributed by atoms with E-state index in [1.54, 1.807) is 24.5 Å². The second-order valence-electron chi connectivity index (χ2n) is 7.78. The summed E-state index contributed by atoms with van der Waals surface area (Å²) in [5, 5.41) is 16.7. The maximum Gasteiger partial charge on any atom is 0.227 e. The summed E-state index contributed by atoms with van der Waals surface area (Å²) in [5.74, 6) is -0.0312. The van der Waals surface area contributed by atoms with Crippen molar-refractivity contribution in [3.8, 4) is 17.3 Å². The molecular formula is C23H24N6O2. The number of rotatable bonds is 9. The van der Waals surface area contributed by atoms with Gasteiger partial charge in [-0.05, 0) is 25.3 Å². The van der Waals surface area contributed by atoms with Gasteiger partial charge < -0.3 is 10.1 Å². The van der Waals surface area contributed by atoms with Crippen molar-refractivity contribution >= 4 is 17.4 Å². The van der Waals surface area contributed by atoms with Crippen LogP contribution in [0.5, 0.6) is 0 Å². The van der Waals surface area contributed by atoms with Crippen LogP contribution in [0.3, 0.4) is 0 Å². The summed E-state index contributed by atoms with van der Waals surface area (Å²) in [7, 11) is 1.52. The summed E-state index contributed by atoms with van der Waals surface area (Å²) < 4.78 is 6.96. The Hall–Kier alpha value is -3.57. The van der Waals surface area contributed by atoms with Crippen molar-refractivity contribution in [2.75, 3.05) is 19.0 Å². The van der Waals surface area contributed by atoms with E-state index in [0.29, 0.717) is 17.6 Å². The Morgan fingerprint density at radius 1 is 1.32 bits per heavy atom.